The van der Waals surface area contributed by atoms with Crippen molar-refractivity contribution >= 4 is 29.5 Å². The van der Waals surface area contributed by atoms with Crippen LogP contribution in [0.4, 0.5) is 0 Å². The Morgan fingerprint density at radius 3 is 2.16 bits per heavy atom. The van der Waals surface area contributed by atoms with Crippen molar-refractivity contribution in [3.63, 3.8) is 0 Å². The number of thioether (sulfide) groups is 1. The summed E-state index contributed by atoms with van der Waals surface area (Å²) in [7, 11) is 0. The molecule has 6 heteroatoms. The van der Waals surface area contributed by atoms with Gasteiger partial charge in [-0.05, 0) is 31.9 Å². The molecule has 134 valence electrons. The van der Waals surface area contributed by atoms with Crippen molar-refractivity contribution in [2.45, 2.75) is 37.9 Å². The summed E-state index contributed by atoms with van der Waals surface area (Å²) < 4.78 is 0. The van der Waals surface area contributed by atoms with Gasteiger partial charge in [-0.2, -0.15) is 0 Å². The number of carbonyl (C=O) groups excluding carboxylic acids is 3. The van der Waals surface area contributed by atoms with E-state index in [2.05, 4.69) is 0 Å². The van der Waals surface area contributed by atoms with E-state index in [1.807, 2.05) is 11.8 Å². The van der Waals surface area contributed by atoms with E-state index < -0.39 is 0 Å². The molecule has 3 amide bonds. The van der Waals surface area contributed by atoms with Gasteiger partial charge >= 0.3 is 0 Å². The standard InChI is InChI=1S/C19H24N2O3S/c1-14(17(22)20-10-6-2-3-7-11-20)25-13-12-21-18(23)15-8-4-5-9-16(15)19(21)24/h4-5,8-9,14H,2-3,6-7,10-13H2,1H3. The molecule has 25 heavy (non-hydrogen) atoms. The summed E-state index contributed by atoms with van der Waals surface area (Å²) in [4.78, 5) is 40.4. The summed E-state index contributed by atoms with van der Waals surface area (Å²) in [5.74, 6) is 0.293. The third-order valence-electron chi connectivity index (χ3n) is 4.83. The van der Waals surface area contributed by atoms with Gasteiger partial charge in [0.15, 0.2) is 0 Å². The van der Waals surface area contributed by atoms with Gasteiger partial charge in [-0.25, -0.2) is 0 Å². The van der Waals surface area contributed by atoms with Crippen molar-refractivity contribution in [1.29, 1.82) is 0 Å². The molecule has 0 spiro atoms. The van der Waals surface area contributed by atoms with E-state index >= 15 is 0 Å². The van der Waals surface area contributed by atoms with Gasteiger partial charge in [-0.1, -0.05) is 25.0 Å². The highest BCUT2D eigenvalue weighted by Gasteiger charge is 2.34. The second-order valence-electron chi connectivity index (χ2n) is 6.56. The molecule has 0 radical (unpaired) electrons. The lowest BCUT2D eigenvalue weighted by molar-refractivity contribution is -0.130. The van der Waals surface area contributed by atoms with Crippen molar-refractivity contribution in [3.05, 3.63) is 35.4 Å². The van der Waals surface area contributed by atoms with Gasteiger partial charge in [0, 0.05) is 25.4 Å². The Morgan fingerprint density at radius 1 is 1.04 bits per heavy atom. The molecule has 5 nitrogen and oxygen atoms in total. The first kappa shape index (κ1) is 18.0. The van der Waals surface area contributed by atoms with Crippen LogP contribution in [0, 0.1) is 0 Å². The Bertz CT molecular complexity index is 633. The van der Waals surface area contributed by atoms with Gasteiger partial charge in [0.2, 0.25) is 5.91 Å². The zero-order chi connectivity index (χ0) is 17.8. The number of rotatable bonds is 5. The Morgan fingerprint density at radius 2 is 1.60 bits per heavy atom. The van der Waals surface area contributed by atoms with Gasteiger partial charge in [0.1, 0.15) is 0 Å². The number of hydrogen-bond acceptors (Lipinski definition) is 4. The maximum Gasteiger partial charge on any atom is 0.261 e. The Hall–Kier alpha value is -1.82. The molecule has 0 N–H and O–H groups in total. The molecule has 0 aliphatic carbocycles. The number of likely N-dealkylation sites (tertiary alicyclic amines) is 1. The van der Waals surface area contributed by atoms with Crippen LogP contribution >= 0.6 is 11.8 Å². The second-order valence-corrected chi connectivity index (χ2v) is 8.01. The van der Waals surface area contributed by atoms with Gasteiger partial charge in [-0.3, -0.25) is 19.3 Å². The van der Waals surface area contributed by atoms with E-state index in [0.29, 0.717) is 23.4 Å². The smallest absolute Gasteiger partial charge is 0.261 e. The molecule has 1 atom stereocenters. The molecule has 1 fully saturated rings. The minimum absolute atomic E-state index is 0.145. The van der Waals surface area contributed by atoms with Gasteiger partial charge in [-0.15, -0.1) is 11.8 Å². The van der Waals surface area contributed by atoms with Crippen LogP contribution in [0.2, 0.25) is 0 Å². The number of carbonyl (C=O) groups is 3. The molecule has 0 bridgehead atoms. The Kier molecular flexibility index (Phi) is 5.78. The molecule has 0 saturated carbocycles. The van der Waals surface area contributed by atoms with Crippen molar-refractivity contribution < 1.29 is 14.4 Å². The van der Waals surface area contributed by atoms with Gasteiger partial charge < -0.3 is 4.90 Å². The maximum atomic E-state index is 12.5. The lowest BCUT2D eigenvalue weighted by Crippen LogP contribution is -2.38. The summed E-state index contributed by atoms with van der Waals surface area (Å²) in [6, 6.07) is 6.91. The average molecular weight is 360 g/mol. The molecule has 2 aliphatic heterocycles. The average Bonchev–Trinajstić information content (AvgIpc) is 2.83. The van der Waals surface area contributed by atoms with Crippen LogP contribution in [0.1, 0.15) is 53.3 Å². The first-order chi connectivity index (χ1) is 12.1. The summed E-state index contributed by atoms with van der Waals surface area (Å²) >= 11 is 1.52. The van der Waals surface area contributed by atoms with Crippen LogP contribution in [0.3, 0.4) is 0 Å². The SMILES string of the molecule is CC(SCCN1C(=O)c2ccccc2C1=O)C(=O)N1CCCCCC1. The predicted molar refractivity (Wildman–Crippen MR) is 98.8 cm³/mol. The van der Waals surface area contributed by atoms with Crippen LogP contribution < -0.4 is 0 Å². The van der Waals surface area contributed by atoms with E-state index in [0.717, 1.165) is 25.9 Å². The lowest BCUT2D eigenvalue weighted by Gasteiger charge is -2.24. The largest absolute Gasteiger partial charge is 0.342 e. The van der Waals surface area contributed by atoms with Crippen molar-refractivity contribution in [1.82, 2.24) is 9.80 Å². The van der Waals surface area contributed by atoms with E-state index in [1.165, 1.54) is 29.5 Å². The molecular formula is C19H24N2O3S. The zero-order valence-corrected chi connectivity index (χ0v) is 15.4. The van der Waals surface area contributed by atoms with E-state index in [1.54, 1.807) is 24.3 Å². The van der Waals surface area contributed by atoms with E-state index in [9.17, 15) is 14.4 Å². The highest BCUT2D eigenvalue weighted by atomic mass is 32.2. The summed E-state index contributed by atoms with van der Waals surface area (Å²) in [6.07, 6.45) is 4.56. The van der Waals surface area contributed by atoms with Crippen LogP contribution in [-0.4, -0.2) is 58.2 Å². The number of amides is 3. The third-order valence-corrected chi connectivity index (χ3v) is 5.95. The normalized spacial score (nSPS) is 18.9. The fourth-order valence-electron chi connectivity index (χ4n) is 3.38. The lowest BCUT2D eigenvalue weighted by atomic mass is 10.1. The Labute approximate surface area is 152 Å². The van der Waals surface area contributed by atoms with Crippen molar-refractivity contribution in [3.8, 4) is 0 Å². The first-order valence-corrected chi connectivity index (χ1v) is 10.00. The molecule has 3 rings (SSSR count). The quantitative estimate of drug-likeness (QED) is 0.758. The van der Waals surface area contributed by atoms with Crippen LogP contribution in [0.5, 0.6) is 0 Å². The highest BCUT2D eigenvalue weighted by Crippen LogP contribution is 2.23. The molecule has 1 aromatic carbocycles. The number of hydrogen-bond donors (Lipinski definition) is 0. The van der Waals surface area contributed by atoms with Crippen LogP contribution in [-0.2, 0) is 4.79 Å². The number of fused-ring (bicyclic) bond motifs is 1. The predicted octanol–water partition coefficient (Wildman–Crippen LogP) is 2.81. The molecule has 1 saturated heterocycles. The summed E-state index contributed by atoms with van der Waals surface area (Å²) in [5, 5.41) is -0.145. The van der Waals surface area contributed by atoms with Crippen LogP contribution in [0.25, 0.3) is 0 Å². The summed E-state index contributed by atoms with van der Waals surface area (Å²) in [5.41, 5.74) is 0.956. The second kappa shape index (κ2) is 8.04. The molecule has 1 aromatic rings. The molecule has 2 heterocycles. The number of benzene rings is 1. The minimum atomic E-state index is -0.229. The minimum Gasteiger partial charge on any atom is -0.342 e. The van der Waals surface area contributed by atoms with E-state index in [4.69, 9.17) is 0 Å². The number of nitrogens with zero attached hydrogens (tertiary/aromatic N) is 2. The van der Waals surface area contributed by atoms with Gasteiger partial charge in [0.25, 0.3) is 11.8 Å². The van der Waals surface area contributed by atoms with Gasteiger partial charge in [0.05, 0.1) is 16.4 Å². The van der Waals surface area contributed by atoms with Crippen molar-refractivity contribution in [2.75, 3.05) is 25.4 Å². The topological polar surface area (TPSA) is 57.7 Å². The monoisotopic (exact) mass is 360 g/mol. The Balaban J connectivity index is 1.50. The molecule has 1 unspecified atom stereocenters. The molecular weight excluding hydrogens is 336 g/mol. The fourth-order valence-corrected chi connectivity index (χ4v) is 4.32. The maximum absolute atomic E-state index is 12.5. The van der Waals surface area contributed by atoms with Crippen molar-refractivity contribution in [2.24, 2.45) is 0 Å². The highest BCUT2D eigenvalue weighted by molar-refractivity contribution is 8.00. The first-order valence-electron chi connectivity index (χ1n) is 8.95. The molecule has 2 aliphatic rings. The van der Waals surface area contributed by atoms with Crippen LogP contribution in [0.15, 0.2) is 24.3 Å². The number of imide groups is 1. The summed E-state index contributed by atoms with van der Waals surface area (Å²) in [6.45, 7) is 3.96. The molecule has 0 aromatic heterocycles. The van der Waals surface area contributed by atoms with E-state index in [-0.39, 0.29) is 23.0 Å². The zero-order valence-electron chi connectivity index (χ0n) is 14.6. The third kappa shape index (κ3) is 3.89. The fraction of sp³-hybridized carbons (Fsp3) is 0.526.